The van der Waals surface area contributed by atoms with Gasteiger partial charge in [0.25, 0.3) is 5.56 Å². The Morgan fingerprint density at radius 1 is 1.30 bits per heavy atom. The van der Waals surface area contributed by atoms with Crippen LogP contribution in [0.4, 0.5) is 24.7 Å². The minimum Gasteiger partial charge on any atom is -0.379 e. The highest BCUT2D eigenvalue weighted by atomic mass is 19.4. The molecule has 3 heterocycles. The normalized spacial score (nSPS) is 16.8. The summed E-state index contributed by atoms with van der Waals surface area (Å²) in [4.78, 5) is 32.4. The zero-order valence-electron chi connectivity index (χ0n) is 20.3. The maximum Gasteiger partial charge on any atom is 0.423 e. The molecular formula is C24H28F3N7O3. The van der Waals surface area contributed by atoms with Gasteiger partial charge in [-0.15, -0.1) is 0 Å². The summed E-state index contributed by atoms with van der Waals surface area (Å²) in [5, 5.41) is 17.3. The van der Waals surface area contributed by atoms with Crippen LogP contribution in [0.2, 0.25) is 0 Å². The fourth-order valence-electron chi connectivity index (χ4n) is 4.29. The first-order valence-electron chi connectivity index (χ1n) is 12.1. The number of hydrogen-bond acceptors (Lipinski definition) is 8. The number of rotatable bonds is 9. The first-order chi connectivity index (χ1) is 17.7. The Labute approximate surface area is 211 Å². The SMILES string of the molecule is C[C@@H](COCCC(=O)N1CCN(c2ncc(C3CC3)cc2C#N)CC1)Nc1cn[nH]c(=O)c1C(F)(F)F. The maximum absolute atomic E-state index is 13.2. The minimum absolute atomic E-state index is 0.0324. The molecule has 37 heavy (non-hydrogen) atoms. The quantitative estimate of drug-likeness (QED) is 0.484. The Morgan fingerprint density at radius 2 is 2.03 bits per heavy atom. The largest absolute Gasteiger partial charge is 0.423 e. The molecule has 13 heteroatoms. The number of pyridine rings is 1. The highest BCUT2D eigenvalue weighted by Gasteiger charge is 2.37. The van der Waals surface area contributed by atoms with Gasteiger partial charge >= 0.3 is 6.18 Å². The molecule has 4 rings (SSSR count). The number of aromatic amines is 1. The monoisotopic (exact) mass is 519 g/mol. The van der Waals surface area contributed by atoms with E-state index in [1.165, 1.54) is 0 Å². The first kappa shape index (κ1) is 26.4. The van der Waals surface area contributed by atoms with Crippen molar-refractivity contribution in [1.29, 1.82) is 5.26 Å². The lowest BCUT2D eigenvalue weighted by Crippen LogP contribution is -2.49. The molecule has 1 saturated heterocycles. The number of carbonyl (C=O) groups excluding carboxylic acids is 1. The van der Waals surface area contributed by atoms with Gasteiger partial charge in [-0.3, -0.25) is 9.59 Å². The summed E-state index contributed by atoms with van der Waals surface area (Å²) >= 11 is 0. The van der Waals surface area contributed by atoms with E-state index in [0.29, 0.717) is 43.5 Å². The van der Waals surface area contributed by atoms with Crippen LogP contribution in [0.3, 0.4) is 0 Å². The second-order valence-corrected chi connectivity index (χ2v) is 9.25. The van der Waals surface area contributed by atoms with E-state index in [0.717, 1.165) is 24.6 Å². The number of alkyl halides is 3. The third-order valence-electron chi connectivity index (χ3n) is 6.36. The van der Waals surface area contributed by atoms with Crippen LogP contribution >= 0.6 is 0 Å². The standard InChI is InChI=1S/C24H28F3N7O3/c1-15(31-19-13-30-32-23(36)21(19)24(25,26)27)14-37-9-4-20(35)33-5-7-34(8-6-33)22-17(11-28)10-18(12-29-22)16-2-3-16/h10,12-13,15-16H,2-9,14H2,1H3,(H2,31,32,36)/t15-/m0/s1. The van der Waals surface area contributed by atoms with Gasteiger partial charge in [0.1, 0.15) is 17.5 Å². The van der Waals surface area contributed by atoms with Crippen LogP contribution in [0.15, 0.2) is 23.3 Å². The van der Waals surface area contributed by atoms with Gasteiger partial charge in [-0.05, 0) is 37.3 Å². The fraction of sp³-hybridized carbons (Fsp3) is 0.542. The van der Waals surface area contributed by atoms with Gasteiger partial charge in [-0.2, -0.15) is 23.5 Å². The van der Waals surface area contributed by atoms with Gasteiger partial charge in [-0.1, -0.05) is 0 Å². The highest BCUT2D eigenvalue weighted by Crippen LogP contribution is 2.40. The number of H-pyrrole nitrogens is 1. The summed E-state index contributed by atoms with van der Waals surface area (Å²) in [6.07, 6.45) is 0.315. The Balaban J connectivity index is 1.20. The molecule has 0 unspecified atom stereocenters. The molecule has 1 aliphatic heterocycles. The van der Waals surface area contributed by atoms with Crippen LogP contribution < -0.4 is 15.8 Å². The van der Waals surface area contributed by atoms with Crippen LogP contribution in [-0.2, 0) is 15.7 Å². The lowest BCUT2D eigenvalue weighted by atomic mass is 10.1. The van der Waals surface area contributed by atoms with Crippen molar-refractivity contribution >= 4 is 17.4 Å². The van der Waals surface area contributed by atoms with Crippen molar-refractivity contribution in [3.63, 3.8) is 0 Å². The number of nitrogens with zero attached hydrogens (tertiary/aromatic N) is 5. The van der Waals surface area contributed by atoms with Gasteiger partial charge in [0.05, 0.1) is 37.1 Å². The van der Waals surface area contributed by atoms with Gasteiger partial charge in [-0.25, -0.2) is 10.1 Å². The lowest BCUT2D eigenvalue weighted by molar-refractivity contribution is -0.138. The van der Waals surface area contributed by atoms with E-state index in [2.05, 4.69) is 21.5 Å². The molecule has 0 aromatic carbocycles. The number of anilines is 2. The number of ether oxygens (including phenoxy) is 1. The number of nitrogens with one attached hydrogen (secondary N) is 2. The van der Waals surface area contributed by atoms with Crippen LogP contribution in [0.25, 0.3) is 0 Å². The van der Waals surface area contributed by atoms with E-state index in [1.807, 2.05) is 17.2 Å². The zero-order valence-corrected chi connectivity index (χ0v) is 20.3. The van der Waals surface area contributed by atoms with Gasteiger partial charge in [0.2, 0.25) is 5.91 Å². The van der Waals surface area contributed by atoms with Gasteiger partial charge < -0.3 is 19.9 Å². The summed E-state index contributed by atoms with van der Waals surface area (Å²) in [6.45, 7) is 3.84. The Bertz CT molecular complexity index is 1220. The zero-order chi connectivity index (χ0) is 26.6. The summed E-state index contributed by atoms with van der Waals surface area (Å²) in [7, 11) is 0. The van der Waals surface area contributed by atoms with Gasteiger partial charge in [0.15, 0.2) is 0 Å². The first-order valence-corrected chi connectivity index (χ1v) is 12.1. The molecule has 198 valence electrons. The molecule has 2 N–H and O–H groups in total. The van der Waals surface area contributed by atoms with Crippen LogP contribution in [0.5, 0.6) is 0 Å². The van der Waals surface area contributed by atoms with Crippen LogP contribution in [-0.4, -0.2) is 71.4 Å². The number of hydrogen-bond donors (Lipinski definition) is 2. The molecule has 0 bridgehead atoms. The summed E-state index contributed by atoms with van der Waals surface area (Å²) in [5.41, 5.74) is -1.45. The number of piperazine rings is 1. The average molecular weight is 520 g/mol. The second-order valence-electron chi connectivity index (χ2n) is 9.25. The Hall–Kier alpha value is -3.66. The third-order valence-corrected chi connectivity index (χ3v) is 6.36. The smallest absolute Gasteiger partial charge is 0.379 e. The van der Waals surface area contributed by atoms with Gasteiger partial charge in [0, 0.05) is 38.4 Å². The third kappa shape index (κ3) is 6.56. The Morgan fingerprint density at radius 3 is 2.68 bits per heavy atom. The molecule has 2 fully saturated rings. The molecule has 10 nitrogen and oxygen atoms in total. The molecule has 1 atom stereocenters. The van der Waals surface area contributed by atoms with Crippen LogP contribution in [0, 0.1) is 11.3 Å². The van der Waals surface area contributed by atoms with Crippen LogP contribution in [0.1, 0.15) is 48.8 Å². The fourth-order valence-corrected chi connectivity index (χ4v) is 4.29. The van der Waals surface area contributed by atoms with Crippen molar-refractivity contribution in [2.24, 2.45) is 0 Å². The lowest BCUT2D eigenvalue weighted by Gasteiger charge is -2.35. The van der Waals surface area contributed by atoms with Crippen molar-refractivity contribution < 1.29 is 22.7 Å². The van der Waals surface area contributed by atoms with Crippen molar-refractivity contribution in [1.82, 2.24) is 20.1 Å². The molecule has 2 aromatic heterocycles. The minimum atomic E-state index is -4.83. The highest BCUT2D eigenvalue weighted by molar-refractivity contribution is 5.76. The summed E-state index contributed by atoms with van der Waals surface area (Å²) < 4.78 is 45.0. The van der Waals surface area contributed by atoms with E-state index in [9.17, 15) is 28.0 Å². The van der Waals surface area contributed by atoms with E-state index >= 15 is 0 Å². The topological polar surface area (TPSA) is 127 Å². The van der Waals surface area contributed by atoms with Crippen molar-refractivity contribution in [3.05, 3.63) is 45.5 Å². The van der Waals surface area contributed by atoms with E-state index in [-0.39, 0.29) is 25.5 Å². The predicted octanol–water partition coefficient (Wildman–Crippen LogP) is 2.49. The molecule has 0 spiro atoms. The molecule has 2 aromatic rings. The van der Waals surface area contributed by atoms with E-state index in [4.69, 9.17) is 4.74 Å². The number of halogens is 3. The molecule has 2 aliphatic rings. The maximum atomic E-state index is 13.2. The molecule has 1 aliphatic carbocycles. The number of amides is 1. The number of aromatic nitrogens is 3. The summed E-state index contributed by atoms with van der Waals surface area (Å²) in [5.74, 6) is 1.07. The van der Waals surface area contributed by atoms with Crippen molar-refractivity contribution in [2.75, 3.05) is 49.6 Å². The van der Waals surface area contributed by atoms with E-state index < -0.39 is 29.0 Å². The number of nitriles is 1. The average Bonchev–Trinajstić information content (AvgIpc) is 3.71. The van der Waals surface area contributed by atoms with E-state index in [1.54, 1.807) is 16.9 Å². The Kier molecular flexibility index (Phi) is 7.97. The molecule has 0 radical (unpaired) electrons. The predicted molar refractivity (Wildman–Crippen MR) is 128 cm³/mol. The van der Waals surface area contributed by atoms with Crippen molar-refractivity contribution in [2.45, 2.75) is 44.3 Å². The second kappa shape index (κ2) is 11.2. The molecular weight excluding hydrogens is 491 g/mol. The number of carbonyl (C=O) groups is 1. The summed E-state index contributed by atoms with van der Waals surface area (Å²) in [6, 6.07) is 3.60. The molecule has 1 amide bonds. The molecule has 1 saturated carbocycles. The van der Waals surface area contributed by atoms with Crippen molar-refractivity contribution in [3.8, 4) is 6.07 Å².